The number of amides is 1. The number of aromatic amines is 1. The van der Waals surface area contributed by atoms with Crippen LogP contribution in [0.1, 0.15) is 5.69 Å². The Labute approximate surface area is 64.8 Å². The molecule has 0 fully saturated rings. The van der Waals surface area contributed by atoms with Crippen molar-refractivity contribution in [2.75, 3.05) is 5.32 Å². The lowest BCUT2D eigenvalue weighted by atomic mass is 10.4. The third-order valence-electron chi connectivity index (χ3n) is 1.09. The topological polar surface area (TPSA) is 57.8 Å². The van der Waals surface area contributed by atoms with Crippen LogP contribution in [0.15, 0.2) is 6.07 Å². The fraction of sp³-hybridized carbons (Fsp3) is 0.200. The first-order valence-corrected chi connectivity index (χ1v) is 2.87. The predicted molar refractivity (Wildman–Crippen MR) is 33.3 cm³/mol. The molecule has 0 radical (unpaired) electrons. The zero-order chi connectivity index (χ0) is 9.19. The van der Waals surface area contributed by atoms with Crippen molar-refractivity contribution in [3.05, 3.63) is 11.8 Å². The quantitative estimate of drug-likeness (QED) is 0.665. The number of aromatic nitrogens is 2. The third-order valence-corrected chi connectivity index (χ3v) is 1.09. The molecule has 12 heavy (non-hydrogen) atoms. The van der Waals surface area contributed by atoms with Crippen LogP contribution in [0.5, 0.6) is 0 Å². The molecule has 1 aromatic rings. The van der Waals surface area contributed by atoms with E-state index in [1.165, 1.54) is 0 Å². The molecule has 2 N–H and O–H groups in total. The predicted octanol–water partition coefficient (Wildman–Crippen LogP) is 0.997. The molecule has 7 heteroatoms. The average Bonchev–Trinajstić information content (AvgIpc) is 2.35. The highest BCUT2D eigenvalue weighted by Crippen LogP contribution is 2.28. The van der Waals surface area contributed by atoms with Gasteiger partial charge in [-0.15, -0.1) is 0 Å². The zero-order valence-electron chi connectivity index (χ0n) is 5.64. The standard InChI is InChI=1S/C5H4F3N3O/c6-5(7,8)3-1-4(9-2-12)11-10-3/h1-2H,(H2,9,10,11,12). The van der Waals surface area contributed by atoms with Gasteiger partial charge in [0.25, 0.3) is 0 Å². The SMILES string of the molecule is O=CNc1cc(C(F)(F)F)[nH]n1. The number of rotatable bonds is 2. The van der Waals surface area contributed by atoms with Gasteiger partial charge >= 0.3 is 6.18 Å². The number of nitrogens with zero attached hydrogens (tertiary/aromatic N) is 1. The first kappa shape index (κ1) is 8.57. The molecule has 0 aliphatic carbocycles. The van der Waals surface area contributed by atoms with Crippen LogP contribution in [-0.2, 0) is 11.0 Å². The molecule has 66 valence electrons. The van der Waals surface area contributed by atoms with Gasteiger partial charge in [-0.2, -0.15) is 18.3 Å². The van der Waals surface area contributed by atoms with Crippen LogP contribution in [0.4, 0.5) is 19.0 Å². The minimum atomic E-state index is -4.46. The Morgan fingerprint density at radius 2 is 2.25 bits per heavy atom. The molecule has 1 amide bonds. The largest absolute Gasteiger partial charge is 0.432 e. The molecular formula is C5H4F3N3O. The summed E-state index contributed by atoms with van der Waals surface area (Å²) in [6, 6.07) is 0.703. The highest BCUT2D eigenvalue weighted by atomic mass is 19.4. The lowest BCUT2D eigenvalue weighted by Crippen LogP contribution is -2.04. The van der Waals surface area contributed by atoms with Crippen LogP contribution < -0.4 is 5.32 Å². The molecule has 0 spiro atoms. The molecule has 0 aliphatic rings. The van der Waals surface area contributed by atoms with Crippen molar-refractivity contribution < 1.29 is 18.0 Å². The van der Waals surface area contributed by atoms with Gasteiger partial charge < -0.3 is 5.32 Å². The van der Waals surface area contributed by atoms with E-state index in [4.69, 9.17) is 0 Å². The Morgan fingerprint density at radius 1 is 1.58 bits per heavy atom. The molecule has 4 nitrogen and oxygen atoms in total. The highest BCUT2D eigenvalue weighted by Gasteiger charge is 2.32. The number of anilines is 1. The fourth-order valence-electron chi connectivity index (χ4n) is 0.601. The molecule has 0 aliphatic heterocycles. The Bertz CT molecular complexity index is 280. The molecule has 0 unspecified atom stereocenters. The summed E-state index contributed by atoms with van der Waals surface area (Å²) in [5.41, 5.74) is -0.994. The van der Waals surface area contributed by atoms with E-state index in [-0.39, 0.29) is 12.2 Å². The van der Waals surface area contributed by atoms with Gasteiger partial charge in [0.15, 0.2) is 5.82 Å². The van der Waals surface area contributed by atoms with E-state index in [0.29, 0.717) is 6.07 Å². The molecule has 0 bridgehead atoms. The minimum absolute atomic E-state index is 0.155. The van der Waals surface area contributed by atoms with Crippen molar-refractivity contribution in [1.82, 2.24) is 10.2 Å². The number of halogens is 3. The molecule has 1 aromatic heterocycles. The molecular weight excluding hydrogens is 175 g/mol. The van der Waals surface area contributed by atoms with Crippen LogP contribution >= 0.6 is 0 Å². The average molecular weight is 179 g/mol. The number of carbonyl (C=O) groups excluding carboxylic acids is 1. The van der Waals surface area contributed by atoms with E-state index in [9.17, 15) is 18.0 Å². The molecule has 0 atom stereocenters. The van der Waals surface area contributed by atoms with Crippen LogP contribution in [0, 0.1) is 0 Å². The monoisotopic (exact) mass is 179 g/mol. The number of nitrogens with one attached hydrogen (secondary N) is 2. The number of H-pyrrole nitrogens is 1. The Morgan fingerprint density at radius 3 is 2.67 bits per heavy atom. The van der Waals surface area contributed by atoms with Crippen LogP contribution in [0.2, 0.25) is 0 Å². The number of alkyl halides is 3. The molecule has 0 aromatic carbocycles. The van der Waals surface area contributed by atoms with Gasteiger partial charge in [0, 0.05) is 6.07 Å². The second kappa shape index (κ2) is 2.84. The van der Waals surface area contributed by atoms with Crippen molar-refractivity contribution >= 4 is 12.2 Å². The van der Waals surface area contributed by atoms with Gasteiger partial charge in [-0.05, 0) is 0 Å². The van der Waals surface area contributed by atoms with Crippen LogP contribution in [0.3, 0.4) is 0 Å². The normalized spacial score (nSPS) is 11.2. The Hall–Kier alpha value is -1.53. The maximum atomic E-state index is 11.9. The smallest absolute Gasteiger partial charge is 0.312 e. The van der Waals surface area contributed by atoms with E-state index in [0.717, 1.165) is 0 Å². The first-order valence-electron chi connectivity index (χ1n) is 2.87. The first-order chi connectivity index (χ1) is 5.54. The van der Waals surface area contributed by atoms with Gasteiger partial charge in [0.1, 0.15) is 5.69 Å². The molecule has 0 saturated heterocycles. The number of hydrogen-bond acceptors (Lipinski definition) is 2. The summed E-state index contributed by atoms with van der Waals surface area (Å²) in [5, 5.41) is 6.90. The zero-order valence-corrected chi connectivity index (χ0v) is 5.64. The maximum Gasteiger partial charge on any atom is 0.432 e. The summed E-state index contributed by atoms with van der Waals surface area (Å²) in [6.45, 7) is 0. The van der Waals surface area contributed by atoms with E-state index < -0.39 is 11.9 Å². The summed E-state index contributed by atoms with van der Waals surface area (Å²) in [7, 11) is 0. The molecule has 0 saturated carbocycles. The summed E-state index contributed by atoms with van der Waals surface area (Å²) >= 11 is 0. The van der Waals surface area contributed by atoms with Crippen molar-refractivity contribution in [2.24, 2.45) is 0 Å². The Kier molecular flexibility index (Phi) is 2.03. The van der Waals surface area contributed by atoms with Crippen molar-refractivity contribution in [1.29, 1.82) is 0 Å². The van der Waals surface area contributed by atoms with Gasteiger partial charge in [0.2, 0.25) is 6.41 Å². The minimum Gasteiger partial charge on any atom is -0.312 e. The maximum absolute atomic E-state index is 11.9. The lowest BCUT2D eigenvalue weighted by molar-refractivity contribution is -0.141. The molecule has 1 heterocycles. The second-order valence-electron chi connectivity index (χ2n) is 1.93. The van der Waals surface area contributed by atoms with Gasteiger partial charge in [0.05, 0.1) is 0 Å². The summed E-state index contributed by atoms with van der Waals surface area (Å²) < 4.78 is 35.6. The van der Waals surface area contributed by atoms with Gasteiger partial charge in [-0.1, -0.05) is 0 Å². The van der Waals surface area contributed by atoms with E-state index in [2.05, 4.69) is 5.10 Å². The van der Waals surface area contributed by atoms with E-state index in [1.807, 2.05) is 5.32 Å². The summed E-state index contributed by atoms with van der Waals surface area (Å²) in [5.74, 6) is -0.155. The van der Waals surface area contributed by atoms with Gasteiger partial charge in [-0.3, -0.25) is 9.89 Å². The van der Waals surface area contributed by atoms with Gasteiger partial charge in [-0.25, -0.2) is 0 Å². The third kappa shape index (κ3) is 1.74. The second-order valence-corrected chi connectivity index (χ2v) is 1.93. The Balaban J connectivity index is 2.84. The number of carbonyl (C=O) groups is 1. The van der Waals surface area contributed by atoms with Crippen molar-refractivity contribution in [3.63, 3.8) is 0 Å². The van der Waals surface area contributed by atoms with Crippen LogP contribution in [0.25, 0.3) is 0 Å². The van der Waals surface area contributed by atoms with Crippen LogP contribution in [-0.4, -0.2) is 16.6 Å². The van der Waals surface area contributed by atoms with E-state index >= 15 is 0 Å². The highest BCUT2D eigenvalue weighted by molar-refractivity contribution is 5.68. The van der Waals surface area contributed by atoms with Crippen molar-refractivity contribution in [2.45, 2.75) is 6.18 Å². The number of hydrogen-bond donors (Lipinski definition) is 2. The van der Waals surface area contributed by atoms with E-state index in [1.54, 1.807) is 5.10 Å². The molecule has 1 rings (SSSR count). The summed E-state index contributed by atoms with van der Waals surface area (Å²) in [4.78, 5) is 9.79. The lowest BCUT2D eigenvalue weighted by Gasteiger charge is -1.99. The van der Waals surface area contributed by atoms with Crippen molar-refractivity contribution in [3.8, 4) is 0 Å². The fourth-order valence-corrected chi connectivity index (χ4v) is 0.601. The summed E-state index contributed by atoms with van der Waals surface area (Å²) in [6.07, 6.45) is -4.22.